The minimum atomic E-state index is -0.205. The van der Waals surface area contributed by atoms with E-state index in [4.69, 9.17) is 0 Å². The van der Waals surface area contributed by atoms with E-state index in [1.165, 1.54) is 22.3 Å². The standard InChI is InChI=1S/C16H20O/c1-11-13-8-7-12-5-3-4-6-14(12)16(13,2)10-9-15(11)17/h3-6,15,17H,7-10H2,1-2H3. The van der Waals surface area contributed by atoms with Gasteiger partial charge in [-0.15, -0.1) is 0 Å². The second kappa shape index (κ2) is 3.71. The molecule has 1 nitrogen and oxygen atoms in total. The Bertz CT molecular complexity index is 486. The van der Waals surface area contributed by atoms with Crippen molar-refractivity contribution in [1.29, 1.82) is 0 Å². The summed E-state index contributed by atoms with van der Waals surface area (Å²) in [4.78, 5) is 0. The largest absolute Gasteiger partial charge is 0.389 e. The van der Waals surface area contributed by atoms with Gasteiger partial charge in [0, 0.05) is 5.41 Å². The van der Waals surface area contributed by atoms with Crippen LogP contribution >= 0.6 is 0 Å². The Hall–Kier alpha value is -1.08. The maximum Gasteiger partial charge on any atom is 0.0750 e. The molecule has 0 heterocycles. The van der Waals surface area contributed by atoms with Crippen molar-refractivity contribution in [2.75, 3.05) is 0 Å². The van der Waals surface area contributed by atoms with E-state index in [1.807, 2.05) is 0 Å². The monoisotopic (exact) mass is 228 g/mol. The number of hydrogen-bond donors (Lipinski definition) is 1. The Morgan fingerprint density at radius 1 is 1.24 bits per heavy atom. The van der Waals surface area contributed by atoms with Crippen molar-refractivity contribution in [1.82, 2.24) is 0 Å². The highest BCUT2D eigenvalue weighted by Crippen LogP contribution is 2.49. The lowest BCUT2D eigenvalue weighted by Crippen LogP contribution is -2.37. The third kappa shape index (κ3) is 1.49. The van der Waals surface area contributed by atoms with Gasteiger partial charge in [-0.1, -0.05) is 36.8 Å². The van der Waals surface area contributed by atoms with Gasteiger partial charge >= 0.3 is 0 Å². The van der Waals surface area contributed by atoms with Gasteiger partial charge in [0.05, 0.1) is 6.10 Å². The average molecular weight is 228 g/mol. The lowest BCUT2D eigenvalue weighted by molar-refractivity contribution is 0.170. The zero-order valence-electron chi connectivity index (χ0n) is 10.7. The van der Waals surface area contributed by atoms with E-state index in [1.54, 1.807) is 0 Å². The number of fused-ring (bicyclic) bond motifs is 3. The molecule has 0 aliphatic heterocycles. The third-order valence-corrected chi connectivity index (χ3v) is 4.82. The number of aliphatic hydroxyl groups excluding tert-OH is 1. The second-order valence-electron chi connectivity index (χ2n) is 5.71. The minimum Gasteiger partial charge on any atom is -0.389 e. The first-order chi connectivity index (χ1) is 8.13. The molecule has 0 fully saturated rings. The first kappa shape index (κ1) is 11.0. The summed E-state index contributed by atoms with van der Waals surface area (Å²) >= 11 is 0. The number of aryl methyl sites for hydroxylation is 1. The van der Waals surface area contributed by atoms with E-state index < -0.39 is 0 Å². The molecule has 1 aromatic carbocycles. The van der Waals surface area contributed by atoms with Gasteiger partial charge in [-0.25, -0.2) is 0 Å². The summed E-state index contributed by atoms with van der Waals surface area (Å²) in [6, 6.07) is 8.83. The fourth-order valence-electron chi connectivity index (χ4n) is 3.74. The molecule has 0 bridgehead atoms. The SMILES string of the molecule is CC1=C2CCc3ccccc3C2(C)CCC1O. The van der Waals surface area contributed by atoms with Crippen molar-refractivity contribution in [3.63, 3.8) is 0 Å². The van der Waals surface area contributed by atoms with Gasteiger partial charge in [-0.3, -0.25) is 0 Å². The zero-order chi connectivity index (χ0) is 12.0. The molecule has 2 aliphatic carbocycles. The van der Waals surface area contributed by atoms with Crippen molar-refractivity contribution in [3.8, 4) is 0 Å². The zero-order valence-corrected chi connectivity index (χ0v) is 10.7. The van der Waals surface area contributed by atoms with E-state index in [0.29, 0.717) is 0 Å². The third-order valence-electron chi connectivity index (χ3n) is 4.82. The van der Waals surface area contributed by atoms with E-state index >= 15 is 0 Å². The molecule has 0 aromatic heterocycles. The fraction of sp³-hybridized carbons (Fsp3) is 0.500. The summed E-state index contributed by atoms with van der Waals surface area (Å²) in [6.07, 6.45) is 4.03. The Labute approximate surface area is 103 Å². The molecule has 3 rings (SSSR count). The summed E-state index contributed by atoms with van der Waals surface area (Å²) in [5.74, 6) is 0. The maximum absolute atomic E-state index is 10.0. The minimum absolute atomic E-state index is 0.179. The van der Waals surface area contributed by atoms with E-state index in [2.05, 4.69) is 38.1 Å². The van der Waals surface area contributed by atoms with Crippen LogP contribution in [0.15, 0.2) is 35.4 Å². The summed E-state index contributed by atoms with van der Waals surface area (Å²) < 4.78 is 0. The van der Waals surface area contributed by atoms with Crippen LogP contribution in [0.5, 0.6) is 0 Å². The lowest BCUT2D eigenvalue weighted by Gasteiger charge is -2.44. The summed E-state index contributed by atoms with van der Waals surface area (Å²) in [5, 5.41) is 10.0. The van der Waals surface area contributed by atoms with Crippen molar-refractivity contribution in [2.24, 2.45) is 0 Å². The van der Waals surface area contributed by atoms with Crippen LogP contribution < -0.4 is 0 Å². The Balaban J connectivity index is 2.20. The molecule has 1 N–H and O–H groups in total. The fourth-order valence-corrected chi connectivity index (χ4v) is 3.74. The Kier molecular flexibility index (Phi) is 2.41. The number of benzene rings is 1. The summed E-state index contributed by atoms with van der Waals surface area (Å²) in [5.41, 5.74) is 5.90. The van der Waals surface area contributed by atoms with E-state index in [0.717, 1.165) is 25.7 Å². The first-order valence-corrected chi connectivity index (χ1v) is 6.59. The van der Waals surface area contributed by atoms with Crippen LogP contribution in [0.3, 0.4) is 0 Å². The van der Waals surface area contributed by atoms with Gasteiger partial charge in [0.25, 0.3) is 0 Å². The lowest BCUT2D eigenvalue weighted by atomic mass is 9.61. The molecule has 0 spiro atoms. The van der Waals surface area contributed by atoms with Gasteiger partial charge in [-0.2, -0.15) is 0 Å². The quantitative estimate of drug-likeness (QED) is 0.675. The molecule has 2 aliphatic rings. The van der Waals surface area contributed by atoms with Gasteiger partial charge < -0.3 is 5.11 Å². The van der Waals surface area contributed by atoms with Crippen LogP contribution in [-0.2, 0) is 11.8 Å². The van der Waals surface area contributed by atoms with E-state index in [-0.39, 0.29) is 11.5 Å². The Morgan fingerprint density at radius 2 is 2.00 bits per heavy atom. The van der Waals surface area contributed by atoms with Crippen molar-refractivity contribution < 1.29 is 5.11 Å². The number of aliphatic hydroxyl groups is 1. The summed E-state index contributed by atoms with van der Waals surface area (Å²) in [6.45, 7) is 4.47. The second-order valence-corrected chi connectivity index (χ2v) is 5.71. The molecule has 1 aromatic rings. The van der Waals surface area contributed by atoms with Gasteiger partial charge in [0.2, 0.25) is 0 Å². The van der Waals surface area contributed by atoms with Gasteiger partial charge in [0.1, 0.15) is 0 Å². The molecular formula is C16H20O. The molecular weight excluding hydrogens is 208 g/mol. The van der Waals surface area contributed by atoms with Crippen LogP contribution in [0.1, 0.15) is 44.2 Å². The van der Waals surface area contributed by atoms with Crippen LogP contribution in [0.25, 0.3) is 0 Å². The van der Waals surface area contributed by atoms with Crippen molar-refractivity contribution in [2.45, 2.75) is 51.0 Å². The molecule has 0 saturated heterocycles. The molecule has 90 valence electrons. The Morgan fingerprint density at radius 3 is 2.82 bits per heavy atom. The molecule has 0 saturated carbocycles. The van der Waals surface area contributed by atoms with Crippen LogP contribution in [0.2, 0.25) is 0 Å². The topological polar surface area (TPSA) is 20.2 Å². The molecule has 1 heteroatoms. The van der Waals surface area contributed by atoms with Crippen LogP contribution in [0, 0.1) is 0 Å². The molecule has 2 atom stereocenters. The van der Waals surface area contributed by atoms with Gasteiger partial charge in [-0.05, 0) is 49.3 Å². The molecule has 2 unspecified atom stereocenters. The maximum atomic E-state index is 10.0. The summed E-state index contributed by atoms with van der Waals surface area (Å²) in [7, 11) is 0. The van der Waals surface area contributed by atoms with Gasteiger partial charge in [0.15, 0.2) is 0 Å². The van der Waals surface area contributed by atoms with Crippen molar-refractivity contribution in [3.05, 3.63) is 46.5 Å². The van der Waals surface area contributed by atoms with Crippen LogP contribution in [-0.4, -0.2) is 11.2 Å². The number of allylic oxidation sites excluding steroid dienone is 1. The number of rotatable bonds is 0. The molecule has 0 radical (unpaired) electrons. The average Bonchev–Trinajstić information content (AvgIpc) is 2.35. The highest BCUT2D eigenvalue weighted by molar-refractivity contribution is 5.48. The normalized spacial score (nSPS) is 32.1. The first-order valence-electron chi connectivity index (χ1n) is 6.59. The highest BCUT2D eigenvalue weighted by atomic mass is 16.3. The van der Waals surface area contributed by atoms with Crippen molar-refractivity contribution >= 4 is 0 Å². The highest BCUT2D eigenvalue weighted by Gasteiger charge is 2.40. The predicted octanol–water partition coefficient (Wildman–Crippen LogP) is 3.36. The van der Waals surface area contributed by atoms with Crippen LogP contribution in [0.4, 0.5) is 0 Å². The molecule has 0 amide bonds. The smallest absolute Gasteiger partial charge is 0.0750 e. The predicted molar refractivity (Wildman–Crippen MR) is 70.1 cm³/mol. The number of hydrogen-bond acceptors (Lipinski definition) is 1. The van der Waals surface area contributed by atoms with E-state index in [9.17, 15) is 5.11 Å². The molecule has 17 heavy (non-hydrogen) atoms.